The first-order chi connectivity index (χ1) is 4.63. The lowest BCUT2D eigenvalue weighted by Gasteiger charge is -1.78. The molecule has 0 unspecified atom stereocenters. The fourth-order valence-electron chi connectivity index (χ4n) is 0.554. The molecule has 0 heteroatoms. The van der Waals surface area contributed by atoms with Gasteiger partial charge in [-0.25, -0.2) is 0 Å². The maximum atomic E-state index is 3.56. The standard InChI is InChI=1S/C6H8.C4H8/c1-6-4-2-3-5-6;1-4(2)3/h2-4H,5H2,1H3;1H2,2-3H3. The monoisotopic (exact) mass is 136 g/mol. The maximum absolute atomic E-state index is 3.56. The van der Waals surface area contributed by atoms with E-state index in [1.54, 1.807) is 0 Å². The summed E-state index contributed by atoms with van der Waals surface area (Å²) in [6.07, 6.45) is 7.56. The Morgan fingerprint density at radius 2 is 2.00 bits per heavy atom. The van der Waals surface area contributed by atoms with Crippen molar-refractivity contribution in [1.29, 1.82) is 0 Å². The third-order valence-corrected chi connectivity index (χ3v) is 0.957. The Morgan fingerprint density at radius 1 is 1.50 bits per heavy atom. The van der Waals surface area contributed by atoms with Crippen LogP contribution in [0, 0.1) is 0 Å². The summed E-state index contributed by atoms with van der Waals surface area (Å²) in [6.45, 7) is 9.64. The lowest BCUT2D eigenvalue weighted by Crippen LogP contribution is -1.58. The van der Waals surface area contributed by atoms with E-state index in [1.165, 1.54) is 17.6 Å². The fourth-order valence-corrected chi connectivity index (χ4v) is 0.554. The van der Waals surface area contributed by atoms with E-state index in [2.05, 4.69) is 31.7 Å². The Morgan fingerprint density at radius 3 is 2.10 bits per heavy atom. The van der Waals surface area contributed by atoms with Gasteiger partial charge in [-0.15, -0.1) is 6.58 Å². The molecule has 0 saturated carbocycles. The highest BCUT2D eigenvalue weighted by atomic mass is 13.9. The molecule has 0 N–H and O–H groups in total. The summed E-state index contributed by atoms with van der Waals surface area (Å²) in [4.78, 5) is 0. The molecule has 56 valence electrons. The van der Waals surface area contributed by atoms with Crippen molar-refractivity contribution < 1.29 is 0 Å². The average Bonchev–Trinajstić information content (AvgIpc) is 2.15. The van der Waals surface area contributed by atoms with Crippen LogP contribution < -0.4 is 0 Å². The van der Waals surface area contributed by atoms with Crippen molar-refractivity contribution in [2.45, 2.75) is 27.2 Å². The van der Waals surface area contributed by atoms with Crippen LogP contribution in [0.3, 0.4) is 0 Å². The fraction of sp³-hybridized carbons (Fsp3) is 0.400. The van der Waals surface area contributed by atoms with Gasteiger partial charge in [0.25, 0.3) is 0 Å². The van der Waals surface area contributed by atoms with Crippen molar-refractivity contribution >= 4 is 0 Å². The second-order valence-corrected chi connectivity index (χ2v) is 2.85. The summed E-state index contributed by atoms with van der Waals surface area (Å²) >= 11 is 0. The minimum Gasteiger partial charge on any atom is -0.100 e. The third-order valence-electron chi connectivity index (χ3n) is 0.957. The Hall–Kier alpha value is -0.780. The number of hydrogen-bond acceptors (Lipinski definition) is 0. The molecule has 0 aromatic heterocycles. The molecule has 0 aliphatic heterocycles. The van der Waals surface area contributed by atoms with Crippen molar-refractivity contribution in [3.63, 3.8) is 0 Å². The predicted octanol–water partition coefficient (Wildman–Crippen LogP) is 3.48. The highest BCUT2D eigenvalue weighted by molar-refractivity contribution is 5.20. The summed E-state index contributed by atoms with van der Waals surface area (Å²) in [5.41, 5.74) is 2.63. The first-order valence-corrected chi connectivity index (χ1v) is 3.57. The van der Waals surface area contributed by atoms with E-state index in [0.29, 0.717) is 0 Å². The molecule has 1 rings (SSSR count). The molecule has 0 amide bonds. The number of rotatable bonds is 0. The van der Waals surface area contributed by atoms with E-state index in [9.17, 15) is 0 Å². The van der Waals surface area contributed by atoms with E-state index < -0.39 is 0 Å². The maximum Gasteiger partial charge on any atom is -0.0135 e. The van der Waals surface area contributed by atoms with Crippen molar-refractivity contribution in [3.8, 4) is 0 Å². The van der Waals surface area contributed by atoms with Crippen LogP contribution in [0.4, 0.5) is 0 Å². The molecule has 0 aromatic rings. The lowest BCUT2D eigenvalue weighted by atomic mass is 10.3. The van der Waals surface area contributed by atoms with Gasteiger partial charge >= 0.3 is 0 Å². The molecule has 0 nitrogen and oxygen atoms in total. The molecule has 10 heavy (non-hydrogen) atoms. The zero-order valence-corrected chi connectivity index (χ0v) is 7.15. The van der Waals surface area contributed by atoms with Gasteiger partial charge < -0.3 is 0 Å². The highest BCUT2D eigenvalue weighted by Crippen LogP contribution is 2.06. The van der Waals surface area contributed by atoms with Gasteiger partial charge in [0, 0.05) is 0 Å². The van der Waals surface area contributed by atoms with Gasteiger partial charge in [-0.05, 0) is 27.2 Å². The zero-order valence-electron chi connectivity index (χ0n) is 7.15. The topological polar surface area (TPSA) is 0 Å². The van der Waals surface area contributed by atoms with E-state index in [-0.39, 0.29) is 0 Å². The quantitative estimate of drug-likeness (QED) is 0.447. The molecule has 1 aliphatic rings. The van der Waals surface area contributed by atoms with Crippen LogP contribution >= 0.6 is 0 Å². The van der Waals surface area contributed by atoms with Gasteiger partial charge in [0.05, 0.1) is 0 Å². The van der Waals surface area contributed by atoms with Gasteiger partial charge in [0.1, 0.15) is 0 Å². The smallest absolute Gasteiger partial charge is 0.0135 e. The molecule has 0 aromatic carbocycles. The van der Waals surface area contributed by atoms with E-state index in [1.807, 2.05) is 13.8 Å². The Labute approximate surface area is 64.0 Å². The van der Waals surface area contributed by atoms with Crippen molar-refractivity contribution in [3.05, 3.63) is 36.0 Å². The summed E-state index contributed by atoms with van der Waals surface area (Å²) in [6, 6.07) is 0. The molecular weight excluding hydrogens is 120 g/mol. The first kappa shape index (κ1) is 9.22. The van der Waals surface area contributed by atoms with Gasteiger partial charge in [-0.3, -0.25) is 0 Å². The molecule has 0 bridgehead atoms. The predicted molar refractivity (Wildman–Crippen MR) is 48.0 cm³/mol. The molecular formula is C10H16. The van der Waals surface area contributed by atoms with Crippen LogP contribution in [0.2, 0.25) is 0 Å². The summed E-state index contributed by atoms with van der Waals surface area (Å²) < 4.78 is 0. The number of hydrogen-bond donors (Lipinski definition) is 0. The third kappa shape index (κ3) is 7.22. The summed E-state index contributed by atoms with van der Waals surface area (Å²) in [5, 5.41) is 0. The largest absolute Gasteiger partial charge is 0.100 e. The molecule has 0 atom stereocenters. The normalized spacial score (nSPS) is 13.7. The van der Waals surface area contributed by atoms with Crippen molar-refractivity contribution in [1.82, 2.24) is 0 Å². The van der Waals surface area contributed by atoms with Crippen molar-refractivity contribution in [2.24, 2.45) is 0 Å². The molecule has 0 spiro atoms. The molecule has 0 heterocycles. The average molecular weight is 136 g/mol. The zero-order chi connectivity index (χ0) is 7.98. The van der Waals surface area contributed by atoms with Gasteiger partial charge in [0.15, 0.2) is 0 Å². The van der Waals surface area contributed by atoms with Crippen LogP contribution in [-0.2, 0) is 0 Å². The highest BCUT2D eigenvalue weighted by Gasteiger charge is 1.86. The minimum absolute atomic E-state index is 1.17. The van der Waals surface area contributed by atoms with Crippen molar-refractivity contribution in [2.75, 3.05) is 0 Å². The van der Waals surface area contributed by atoms with E-state index in [4.69, 9.17) is 0 Å². The Bertz CT molecular complexity index is 155. The molecule has 1 aliphatic carbocycles. The molecule has 0 fully saturated rings. The summed E-state index contributed by atoms with van der Waals surface area (Å²) in [7, 11) is 0. The van der Waals surface area contributed by atoms with Crippen LogP contribution in [0.5, 0.6) is 0 Å². The van der Waals surface area contributed by atoms with Crippen LogP contribution in [-0.4, -0.2) is 0 Å². The van der Waals surface area contributed by atoms with E-state index >= 15 is 0 Å². The van der Waals surface area contributed by atoms with Gasteiger partial charge in [0.2, 0.25) is 0 Å². The van der Waals surface area contributed by atoms with Crippen LogP contribution in [0.15, 0.2) is 36.0 Å². The first-order valence-electron chi connectivity index (χ1n) is 3.57. The van der Waals surface area contributed by atoms with Crippen LogP contribution in [0.25, 0.3) is 0 Å². The molecule has 0 radical (unpaired) electrons. The minimum atomic E-state index is 1.17. The SMILES string of the molecule is C=C(C)C.CC1=CC=CC1. The summed E-state index contributed by atoms with van der Waals surface area (Å²) in [5.74, 6) is 0. The Kier molecular flexibility index (Phi) is 4.65. The van der Waals surface area contributed by atoms with E-state index in [0.717, 1.165) is 0 Å². The second kappa shape index (κ2) is 5.04. The lowest BCUT2D eigenvalue weighted by molar-refractivity contribution is 1.25. The van der Waals surface area contributed by atoms with Gasteiger partial charge in [-0.1, -0.05) is 29.4 Å². The number of allylic oxidation sites excluding steroid dienone is 5. The van der Waals surface area contributed by atoms with Gasteiger partial charge in [-0.2, -0.15) is 0 Å². The molecule has 0 saturated heterocycles. The van der Waals surface area contributed by atoms with Crippen LogP contribution in [0.1, 0.15) is 27.2 Å². The second-order valence-electron chi connectivity index (χ2n) is 2.85. The Balaban J connectivity index is 0.000000180.